The second-order valence-electron chi connectivity index (χ2n) is 4.87. The molecule has 5 heteroatoms. The summed E-state index contributed by atoms with van der Waals surface area (Å²) < 4.78 is 29.5. The fourth-order valence-electron chi connectivity index (χ4n) is 2.27. The van der Waals surface area contributed by atoms with Crippen molar-refractivity contribution in [3.8, 4) is 23.3 Å². The van der Waals surface area contributed by atoms with E-state index in [1.54, 1.807) is 44.6 Å². The number of nitrogens with zero attached hydrogens (tertiary/aromatic N) is 1. The number of methoxy groups -OCH3 is 2. The average Bonchev–Trinajstić information content (AvgIpc) is 2.58. The average molecular weight is 315 g/mol. The Morgan fingerprint density at radius 3 is 2.30 bits per heavy atom. The van der Waals surface area contributed by atoms with Crippen molar-refractivity contribution in [1.29, 1.82) is 5.26 Å². The molecule has 4 nitrogen and oxygen atoms in total. The smallest absolute Gasteiger partial charge is 0.203 e. The van der Waals surface area contributed by atoms with Gasteiger partial charge in [-0.3, -0.25) is 0 Å². The molecule has 0 aromatic heterocycles. The first-order valence-corrected chi connectivity index (χ1v) is 7.18. The van der Waals surface area contributed by atoms with E-state index in [0.717, 1.165) is 0 Å². The number of hydrogen-bond donors (Lipinski definition) is 0. The molecule has 23 heavy (non-hydrogen) atoms. The van der Waals surface area contributed by atoms with E-state index in [2.05, 4.69) is 6.07 Å². The predicted octanol–water partition coefficient (Wildman–Crippen LogP) is 3.92. The molecule has 0 bridgehead atoms. The summed E-state index contributed by atoms with van der Waals surface area (Å²) in [6.07, 6.45) is 0.432. The first-order valence-electron chi connectivity index (χ1n) is 7.18. The third kappa shape index (κ3) is 4.13. The molecule has 0 fully saturated rings. The number of ether oxygens (including phenoxy) is 3. The van der Waals surface area contributed by atoms with Gasteiger partial charge in [0.1, 0.15) is 5.82 Å². The summed E-state index contributed by atoms with van der Waals surface area (Å²) >= 11 is 0. The lowest BCUT2D eigenvalue weighted by atomic mass is 9.98. The molecule has 0 heterocycles. The van der Waals surface area contributed by atoms with Crippen LogP contribution >= 0.6 is 0 Å². The van der Waals surface area contributed by atoms with Gasteiger partial charge in [0.25, 0.3) is 0 Å². The summed E-state index contributed by atoms with van der Waals surface area (Å²) in [6.45, 7) is 0.283. The van der Waals surface area contributed by atoms with Gasteiger partial charge in [-0.05, 0) is 29.8 Å². The normalized spacial score (nSPS) is 11.4. The number of hydrogen-bond acceptors (Lipinski definition) is 4. The van der Waals surface area contributed by atoms with E-state index in [1.165, 1.54) is 12.1 Å². The fourth-order valence-corrected chi connectivity index (χ4v) is 2.27. The summed E-state index contributed by atoms with van der Waals surface area (Å²) in [6, 6.07) is 13.6. The summed E-state index contributed by atoms with van der Waals surface area (Å²) in [5.74, 6) is 0.821. The van der Waals surface area contributed by atoms with Crippen LogP contribution in [0.3, 0.4) is 0 Å². The SMILES string of the molecule is COc1cccc(OC)c1OCCC(C#N)c1cccc(F)c1. The molecule has 0 saturated carbocycles. The maximum absolute atomic E-state index is 13.3. The zero-order chi connectivity index (χ0) is 16.7. The van der Waals surface area contributed by atoms with Crippen LogP contribution in [0.15, 0.2) is 42.5 Å². The molecule has 0 aliphatic carbocycles. The van der Waals surface area contributed by atoms with Crippen molar-refractivity contribution < 1.29 is 18.6 Å². The quantitative estimate of drug-likeness (QED) is 0.777. The van der Waals surface area contributed by atoms with Crippen molar-refractivity contribution >= 4 is 0 Å². The van der Waals surface area contributed by atoms with Crippen molar-refractivity contribution in [1.82, 2.24) is 0 Å². The Morgan fingerprint density at radius 1 is 1.09 bits per heavy atom. The van der Waals surface area contributed by atoms with Crippen molar-refractivity contribution in [2.45, 2.75) is 12.3 Å². The molecule has 0 N–H and O–H groups in total. The van der Waals surface area contributed by atoms with Crippen LogP contribution in [0.1, 0.15) is 17.9 Å². The van der Waals surface area contributed by atoms with Gasteiger partial charge >= 0.3 is 0 Å². The standard InChI is InChI=1S/C18H18FNO3/c1-21-16-7-4-8-17(22-2)18(16)23-10-9-14(12-20)13-5-3-6-15(19)11-13/h3-8,11,14H,9-10H2,1-2H3. The van der Waals surface area contributed by atoms with Crippen LogP contribution in [0.25, 0.3) is 0 Å². The van der Waals surface area contributed by atoms with E-state index in [-0.39, 0.29) is 12.4 Å². The molecule has 2 aromatic rings. The highest BCUT2D eigenvalue weighted by molar-refractivity contribution is 5.51. The van der Waals surface area contributed by atoms with Gasteiger partial charge in [0.2, 0.25) is 5.75 Å². The largest absolute Gasteiger partial charge is 0.493 e. The molecule has 1 unspecified atom stereocenters. The number of benzene rings is 2. The van der Waals surface area contributed by atoms with Gasteiger partial charge in [0.05, 0.1) is 32.8 Å². The molecule has 120 valence electrons. The first-order chi connectivity index (χ1) is 11.2. The number of para-hydroxylation sites is 1. The van der Waals surface area contributed by atoms with E-state index in [0.29, 0.717) is 29.2 Å². The van der Waals surface area contributed by atoms with Gasteiger partial charge in [-0.2, -0.15) is 5.26 Å². The molecule has 2 rings (SSSR count). The Balaban J connectivity index is 2.06. The van der Waals surface area contributed by atoms with Crippen LogP contribution in [0.5, 0.6) is 17.2 Å². The molecule has 0 aliphatic rings. The highest BCUT2D eigenvalue weighted by Gasteiger charge is 2.15. The van der Waals surface area contributed by atoms with Crippen molar-refractivity contribution in [3.63, 3.8) is 0 Å². The Kier molecular flexibility index (Phi) is 5.81. The molecule has 0 spiro atoms. The molecular weight excluding hydrogens is 297 g/mol. The zero-order valence-electron chi connectivity index (χ0n) is 13.1. The summed E-state index contributed by atoms with van der Waals surface area (Å²) in [4.78, 5) is 0. The van der Waals surface area contributed by atoms with Gasteiger partial charge in [0.15, 0.2) is 11.5 Å². The fraction of sp³-hybridized carbons (Fsp3) is 0.278. The van der Waals surface area contributed by atoms with E-state index >= 15 is 0 Å². The molecule has 0 saturated heterocycles. The Bertz CT molecular complexity index is 675. The monoisotopic (exact) mass is 315 g/mol. The summed E-state index contributed by atoms with van der Waals surface area (Å²) in [7, 11) is 3.10. The Morgan fingerprint density at radius 2 is 1.74 bits per heavy atom. The Hall–Kier alpha value is -2.74. The Labute approximate surface area is 135 Å². The van der Waals surface area contributed by atoms with Crippen LogP contribution in [-0.2, 0) is 0 Å². The lowest BCUT2D eigenvalue weighted by Crippen LogP contribution is -2.06. The minimum absolute atomic E-state index is 0.283. The van der Waals surface area contributed by atoms with E-state index in [9.17, 15) is 9.65 Å². The zero-order valence-corrected chi connectivity index (χ0v) is 13.1. The van der Waals surface area contributed by atoms with Gasteiger partial charge < -0.3 is 14.2 Å². The first kappa shape index (κ1) is 16.6. The third-order valence-corrected chi connectivity index (χ3v) is 3.44. The van der Waals surface area contributed by atoms with Gasteiger partial charge in [-0.25, -0.2) is 4.39 Å². The number of rotatable bonds is 7. The molecule has 0 aliphatic heterocycles. The van der Waals surface area contributed by atoms with Gasteiger partial charge in [-0.1, -0.05) is 18.2 Å². The van der Waals surface area contributed by atoms with Crippen LogP contribution in [-0.4, -0.2) is 20.8 Å². The minimum Gasteiger partial charge on any atom is -0.493 e. The summed E-state index contributed by atoms with van der Waals surface area (Å²) in [5, 5.41) is 9.29. The third-order valence-electron chi connectivity index (χ3n) is 3.44. The van der Waals surface area contributed by atoms with Crippen molar-refractivity contribution in [3.05, 3.63) is 53.8 Å². The van der Waals surface area contributed by atoms with Gasteiger partial charge in [0, 0.05) is 6.42 Å². The second-order valence-corrected chi connectivity index (χ2v) is 4.87. The van der Waals surface area contributed by atoms with Crippen LogP contribution in [0.4, 0.5) is 4.39 Å². The topological polar surface area (TPSA) is 51.5 Å². The molecule has 1 atom stereocenters. The van der Waals surface area contributed by atoms with Gasteiger partial charge in [-0.15, -0.1) is 0 Å². The number of nitriles is 1. The predicted molar refractivity (Wildman–Crippen MR) is 84.4 cm³/mol. The summed E-state index contributed by atoms with van der Waals surface area (Å²) in [5.41, 5.74) is 0.642. The maximum Gasteiger partial charge on any atom is 0.203 e. The highest BCUT2D eigenvalue weighted by Crippen LogP contribution is 2.37. The lowest BCUT2D eigenvalue weighted by Gasteiger charge is -2.15. The van der Waals surface area contributed by atoms with E-state index < -0.39 is 5.92 Å². The maximum atomic E-state index is 13.3. The molecule has 0 amide bonds. The lowest BCUT2D eigenvalue weighted by molar-refractivity contribution is 0.268. The van der Waals surface area contributed by atoms with Crippen molar-refractivity contribution in [2.24, 2.45) is 0 Å². The van der Waals surface area contributed by atoms with E-state index in [4.69, 9.17) is 14.2 Å². The van der Waals surface area contributed by atoms with E-state index in [1.807, 2.05) is 0 Å². The van der Waals surface area contributed by atoms with Crippen molar-refractivity contribution in [2.75, 3.05) is 20.8 Å². The number of halogens is 1. The molecular formula is C18H18FNO3. The second kappa shape index (κ2) is 8.04. The molecule has 0 radical (unpaired) electrons. The highest BCUT2D eigenvalue weighted by atomic mass is 19.1. The van der Waals surface area contributed by atoms with Crippen LogP contribution in [0.2, 0.25) is 0 Å². The molecule has 2 aromatic carbocycles. The van der Waals surface area contributed by atoms with Crippen LogP contribution in [0, 0.1) is 17.1 Å². The van der Waals surface area contributed by atoms with Crippen LogP contribution < -0.4 is 14.2 Å². The minimum atomic E-state index is -0.439.